The SMILES string of the molecule is Cc1cc(=O)n(Cc2cc3nccc(-c4cc(Cl)cc5ccn(CC6(C#N)CCNCC6)c45)c3s2)c(=O)n1CC(F)(F)F. The fraction of sp³-hybridized carbons (Fsp3) is 0.333. The first kappa shape index (κ1) is 29.2. The van der Waals surface area contributed by atoms with E-state index in [1.807, 2.05) is 30.5 Å². The monoisotopic (exact) mass is 626 g/mol. The van der Waals surface area contributed by atoms with Crippen molar-refractivity contribution >= 4 is 44.1 Å². The fourth-order valence-corrected chi connectivity index (χ4v) is 7.22. The molecule has 0 bridgehead atoms. The van der Waals surface area contributed by atoms with Gasteiger partial charge in [0.25, 0.3) is 5.56 Å². The molecule has 222 valence electrons. The lowest BCUT2D eigenvalue weighted by Gasteiger charge is -2.32. The van der Waals surface area contributed by atoms with E-state index in [4.69, 9.17) is 11.6 Å². The Balaban J connectivity index is 1.44. The van der Waals surface area contributed by atoms with Crippen molar-refractivity contribution in [2.75, 3.05) is 13.1 Å². The van der Waals surface area contributed by atoms with E-state index in [1.165, 1.54) is 18.3 Å². The van der Waals surface area contributed by atoms with Gasteiger partial charge < -0.3 is 9.88 Å². The second-order valence-corrected chi connectivity index (χ2v) is 12.5. The molecule has 1 aliphatic heterocycles. The van der Waals surface area contributed by atoms with E-state index < -0.39 is 29.4 Å². The predicted molar refractivity (Wildman–Crippen MR) is 161 cm³/mol. The van der Waals surface area contributed by atoms with Crippen LogP contribution in [0.2, 0.25) is 5.02 Å². The summed E-state index contributed by atoms with van der Waals surface area (Å²) in [6.45, 7) is 1.70. The number of halogens is 4. The van der Waals surface area contributed by atoms with Crippen molar-refractivity contribution < 1.29 is 13.2 Å². The number of piperidine rings is 1. The number of thiophene rings is 1. The Morgan fingerprint density at radius 2 is 1.88 bits per heavy atom. The van der Waals surface area contributed by atoms with Gasteiger partial charge in [0.15, 0.2) is 0 Å². The van der Waals surface area contributed by atoms with Crippen molar-refractivity contribution in [1.29, 1.82) is 5.26 Å². The van der Waals surface area contributed by atoms with Gasteiger partial charge in [0.05, 0.1) is 33.8 Å². The highest BCUT2D eigenvalue weighted by atomic mass is 35.5. The highest BCUT2D eigenvalue weighted by Gasteiger charge is 2.33. The van der Waals surface area contributed by atoms with Crippen molar-refractivity contribution in [3.8, 4) is 17.2 Å². The van der Waals surface area contributed by atoms with Crippen LogP contribution >= 0.6 is 22.9 Å². The molecule has 0 spiro atoms. The third-order valence-electron chi connectivity index (χ3n) is 7.99. The summed E-state index contributed by atoms with van der Waals surface area (Å²) >= 11 is 7.88. The molecule has 5 heterocycles. The Kier molecular flexibility index (Phi) is 7.44. The van der Waals surface area contributed by atoms with Crippen LogP contribution in [0.25, 0.3) is 32.2 Å². The van der Waals surface area contributed by atoms with Crippen LogP contribution < -0.4 is 16.6 Å². The molecule has 8 nitrogen and oxygen atoms in total. The maximum absolute atomic E-state index is 13.1. The third-order valence-corrected chi connectivity index (χ3v) is 9.35. The van der Waals surface area contributed by atoms with Crippen LogP contribution in [-0.4, -0.2) is 38.0 Å². The molecule has 13 heteroatoms. The molecular weight excluding hydrogens is 601 g/mol. The molecule has 1 aromatic carbocycles. The molecule has 0 amide bonds. The fourth-order valence-electron chi connectivity index (χ4n) is 5.86. The van der Waals surface area contributed by atoms with E-state index in [1.54, 1.807) is 12.3 Å². The molecular formula is C30H26ClF3N6O2S. The summed E-state index contributed by atoms with van der Waals surface area (Å²) < 4.78 is 43.7. The second-order valence-electron chi connectivity index (χ2n) is 11.0. The lowest BCUT2D eigenvalue weighted by atomic mass is 9.80. The van der Waals surface area contributed by atoms with Gasteiger partial charge >= 0.3 is 11.9 Å². The molecule has 43 heavy (non-hydrogen) atoms. The van der Waals surface area contributed by atoms with Crippen molar-refractivity contribution in [3.63, 3.8) is 0 Å². The quantitative estimate of drug-likeness (QED) is 0.261. The van der Waals surface area contributed by atoms with Crippen LogP contribution in [-0.2, 0) is 19.6 Å². The zero-order valence-electron chi connectivity index (χ0n) is 23.0. The van der Waals surface area contributed by atoms with Crippen LogP contribution in [0.4, 0.5) is 13.2 Å². The molecule has 4 aromatic heterocycles. The zero-order valence-corrected chi connectivity index (χ0v) is 24.6. The summed E-state index contributed by atoms with van der Waals surface area (Å²) in [7, 11) is 0. The van der Waals surface area contributed by atoms with E-state index >= 15 is 0 Å². The van der Waals surface area contributed by atoms with Gasteiger partial charge in [0.1, 0.15) is 6.54 Å². The molecule has 1 saturated heterocycles. The van der Waals surface area contributed by atoms with Gasteiger partial charge in [-0.1, -0.05) is 11.6 Å². The average Bonchev–Trinajstić information content (AvgIpc) is 3.56. The molecule has 0 radical (unpaired) electrons. The minimum Gasteiger partial charge on any atom is -0.345 e. The normalized spacial score (nSPS) is 15.3. The topological polar surface area (TPSA) is 97.6 Å². The van der Waals surface area contributed by atoms with Crippen LogP contribution in [0.15, 0.2) is 58.4 Å². The van der Waals surface area contributed by atoms with Gasteiger partial charge in [-0.15, -0.1) is 11.3 Å². The van der Waals surface area contributed by atoms with Crippen molar-refractivity contribution in [3.05, 3.63) is 85.2 Å². The average molecular weight is 627 g/mol. The Morgan fingerprint density at radius 3 is 2.60 bits per heavy atom. The smallest absolute Gasteiger partial charge is 0.345 e. The highest BCUT2D eigenvalue weighted by molar-refractivity contribution is 7.19. The van der Waals surface area contributed by atoms with Crippen molar-refractivity contribution in [2.24, 2.45) is 5.41 Å². The van der Waals surface area contributed by atoms with E-state index in [0.29, 0.717) is 26.5 Å². The molecule has 0 aliphatic carbocycles. The largest absolute Gasteiger partial charge is 0.406 e. The highest BCUT2D eigenvalue weighted by Crippen LogP contribution is 2.40. The lowest BCUT2D eigenvalue weighted by molar-refractivity contribution is -0.141. The lowest BCUT2D eigenvalue weighted by Crippen LogP contribution is -2.42. The second kappa shape index (κ2) is 11.0. The predicted octanol–water partition coefficient (Wildman–Crippen LogP) is 5.71. The Hall–Kier alpha value is -3.92. The van der Waals surface area contributed by atoms with Gasteiger partial charge in [-0.3, -0.25) is 18.9 Å². The molecule has 0 unspecified atom stereocenters. The molecule has 6 rings (SSSR count). The maximum atomic E-state index is 13.1. The van der Waals surface area contributed by atoms with Crippen molar-refractivity contribution in [1.82, 2.24) is 24.0 Å². The molecule has 0 atom stereocenters. The standard InChI is InChI=1S/C30H26ClF3N6O2S/c1-18-10-25(41)39(28(42)40(18)17-30(32,33)34)14-21-13-24-27(43-21)22(2-6-37-24)23-12-20(31)11-19-3-9-38(26(19)23)16-29(15-35)4-7-36-8-5-29/h2-3,6,9-13,36H,4-5,7-8,14,16-17H2,1H3. The minimum absolute atomic E-state index is 0.0560. The minimum atomic E-state index is -4.62. The number of aromatic nitrogens is 4. The van der Waals surface area contributed by atoms with E-state index in [-0.39, 0.29) is 12.2 Å². The molecule has 0 saturated carbocycles. The Labute approximate surface area is 252 Å². The first-order valence-corrected chi connectivity index (χ1v) is 14.8. The number of hydrogen-bond acceptors (Lipinski definition) is 6. The summed E-state index contributed by atoms with van der Waals surface area (Å²) in [6.07, 6.45) is 0.492. The van der Waals surface area contributed by atoms with E-state index in [9.17, 15) is 28.0 Å². The number of nitrogens with one attached hydrogen (secondary N) is 1. The molecule has 1 aliphatic rings. The number of nitriles is 1. The van der Waals surface area contributed by atoms with Gasteiger partial charge in [-0.2, -0.15) is 18.4 Å². The van der Waals surface area contributed by atoms with Crippen molar-refractivity contribution in [2.45, 2.75) is 45.6 Å². The number of alkyl halides is 3. The van der Waals surface area contributed by atoms with Crippen LogP contribution in [0, 0.1) is 23.7 Å². The van der Waals surface area contributed by atoms with Gasteiger partial charge in [0.2, 0.25) is 0 Å². The summed E-state index contributed by atoms with van der Waals surface area (Å²) in [5.74, 6) is 0. The first-order valence-electron chi connectivity index (χ1n) is 13.6. The number of benzene rings is 1. The number of hydrogen-bond donors (Lipinski definition) is 1. The number of nitrogens with zero attached hydrogens (tertiary/aromatic N) is 5. The summed E-state index contributed by atoms with van der Waals surface area (Å²) in [4.78, 5) is 30.8. The maximum Gasteiger partial charge on any atom is 0.406 e. The number of pyridine rings is 1. The zero-order chi connectivity index (χ0) is 30.5. The Morgan fingerprint density at radius 1 is 1.12 bits per heavy atom. The summed E-state index contributed by atoms with van der Waals surface area (Å²) in [5.41, 5.74) is 0.955. The number of rotatable bonds is 6. The van der Waals surface area contributed by atoms with Gasteiger partial charge in [-0.25, -0.2) is 4.79 Å². The summed E-state index contributed by atoms with van der Waals surface area (Å²) in [5, 5.41) is 14.9. The Bertz CT molecular complexity index is 2030. The molecule has 5 aromatic rings. The third kappa shape index (κ3) is 5.60. The van der Waals surface area contributed by atoms with Gasteiger partial charge in [0, 0.05) is 57.1 Å². The van der Waals surface area contributed by atoms with Crippen LogP contribution in [0.1, 0.15) is 23.4 Å². The van der Waals surface area contributed by atoms with Crippen LogP contribution in [0.3, 0.4) is 0 Å². The molecule has 1 N–H and O–H groups in total. The van der Waals surface area contributed by atoms with Gasteiger partial charge in [-0.05, 0) is 63.2 Å². The van der Waals surface area contributed by atoms with E-state index in [2.05, 4.69) is 20.9 Å². The van der Waals surface area contributed by atoms with E-state index in [0.717, 1.165) is 63.3 Å². The first-order chi connectivity index (χ1) is 20.5. The van der Waals surface area contributed by atoms with Crippen LogP contribution in [0.5, 0.6) is 0 Å². The number of fused-ring (bicyclic) bond motifs is 2. The number of aryl methyl sites for hydroxylation is 1. The summed E-state index contributed by atoms with van der Waals surface area (Å²) in [6, 6.07) is 12.9. The molecule has 1 fully saturated rings.